The van der Waals surface area contributed by atoms with Crippen LogP contribution in [-0.4, -0.2) is 14.7 Å². The smallest absolute Gasteiger partial charge is 0.136 e. The van der Waals surface area contributed by atoms with E-state index in [-0.39, 0.29) is 6.61 Å². The molecule has 0 unspecified atom stereocenters. The molecule has 21 heavy (non-hydrogen) atoms. The van der Waals surface area contributed by atoms with Crippen LogP contribution < -0.4 is 0 Å². The van der Waals surface area contributed by atoms with E-state index in [4.69, 9.17) is 34.8 Å². The van der Waals surface area contributed by atoms with Crippen LogP contribution in [0.2, 0.25) is 15.1 Å². The summed E-state index contributed by atoms with van der Waals surface area (Å²) in [5, 5.41) is 11.1. The molecular weight excluding hydrogens is 331 g/mol. The van der Waals surface area contributed by atoms with Gasteiger partial charge in [-0.25, -0.2) is 4.98 Å². The summed E-state index contributed by atoms with van der Waals surface area (Å²) in [6.07, 6.45) is 0. The Morgan fingerprint density at radius 3 is 2.33 bits per heavy atom. The van der Waals surface area contributed by atoms with Gasteiger partial charge in [0.15, 0.2) is 0 Å². The molecule has 3 nitrogen and oxygen atoms in total. The van der Waals surface area contributed by atoms with E-state index in [0.717, 1.165) is 11.1 Å². The van der Waals surface area contributed by atoms with Crippen LogP contribution in [-0.2, 0) is 13.2 Å². The first-order valence-corrected chi connectivity index (χ1v) is 7.41. The monoisotopic (exact) mass is 340 g/mol. The third kappa shape index (κ3) is 2.87. The third-order valence-electron chi connectivity index (χ3n) is 3.26. The standard InChI is InChI=1S/C15H11Cl3N2O/c16-10-3-1-9(2-4-10)7-20-14-6-12(18)11(17)5-13(14)19-15(20)8-21/h1-6,21H,7-8H2. The summed E-state index contributed by atoms with van der Waals surface area (Å²) >= 11 is 18.0. The van der Waals surface area contributed by atoms with Crippen LogP contribution in [0.5, 0.6) is 0 Å². The molecule has 0 fully saturated rings. The minimum absolute atomic E-state index is 0.155. The Hall–Kier alpha value is -1.26. The highest BCUT2D eigenvalue weighted by molar-refractivity contribution is 6.42. The maximum absolute atomic E-state index is 9.51. The summed E-state index contributed by atoms with van der Waals surface area (Å²) in [6.45, 7) is 0.416. The van der Waals surface area contributed by atoms with Crippen LogP contribution in [0.1, 0.15) is 11.4 Å². The Morgan fingerprint density at radius 1 is 1.00 bits per heavy atom. The lowest BCUT2D eigenvalue weighted by Gasteiger charge is -2.08. The molecule has 0 aliphatic heterocycles. The zero-order chi connectivity index (χ0) is 15.0. The Kier molecular flexibility index (Phi) is 4.09. The summed E-state index contributed by atoms with van der Waals surface area (Å²) in [5.74, 6) is 0.568. The molecule has 1 aromatic heterocycles. The number of hydrogen-bond donors (Lipinski definition) is 1. The molecule has 0 aliphatic rings. The van der Waals surface area contributed by atoms with Crippen molar-refractivity contribution in [2.24, 2.45) is 0 Å². The molecule has 0 saturated heterocycles. The molecule has 0 amide bonds. The van der Waals surface area contributed by atoms with Gasteiger partial charge in [0.25, 0.3) is 0 Å². The van der Waals surface area contributed by atoms with Crippen molar-refractivity contribution in [2.75, 3.05) is 0 Å². The first-order chi connectivity index (χ1) is 10.1. The summed E-state index contributed by atoms with van der Waals surface area (Å²) in [4.78, 5) is 4.39. The van der Waals surface area contributed by atoms with Crippen molar-refractivity contribution in [3.8, 4) is 0 Å². The Bertz CT molecular complexity index is 797. The molecule has 0 atom stereocenters. The predicted molar refractivity (Wildman–Crippen MR) is 86.2 cm³/mol. The Morgan fingerprint density at radius 2 is 1.67 bits per heavy atom. The van der Waals surface area contributed by atoms with Gasteiger partial charge in [-0.15, -0.1) is 0 Å². The van der Waals surface area contributed by atoms with E-state index in [1.807, 2.05) is 28.8 Å². The fourth-order valence-corrected chi connectivity index (χ4v) is 2.68. The zero-order valence-electron chi connectivity index (χ0n) is 10.9. The summed E-state index contributed by atoms with van der Waals surface area (Å²) in [5.41, 5.74) is 2.60. The van der Waals surface area contributed by atoms with Crippen molar-refractivity contribution < 1.29 is 5.11 Å². The van der Waals surface area contributed by atoms with Crippen molar-refractivity contribution in [3.05, 3.63) is 62.9 Å². The first-order valence-electron chi connectivity index (χ1n) is 6.28. The number of fused-ring (bicyclic) bond motifs is 1. The topological polar surface area (TPSA) is 38.1 Å². The van der Waals surface area contributed by atoms with Crippen molar-refractivity contribution >= 4 is 45.8 Å². The molecule has 6 heteroatoms. The van der Waals surface area contributed by atoms with Gasteiger partial charge in [-0.05, 0) is 29.8 Å². The van der Waals surface area contributed by atoms with Gasteiger partial charge in [-0.2, -0.15) is 0 Å². The second-order valence-corrected chi connectivity index (χ2v) is 5.90. The molecule has 0 saturated carbocycles. The van der Waals surface area contributed by atoms with Gasteiger partial charge < -0.3 is 9.67 Å². The highest BCUT2D eigenvalue weighted by Gasteiger charge is 2.13. The quantitative estimate of drug-likeness (QED) is 0.759. The fraction of sp³-hybridized carbons (Fsp3) is 0.133. The van der Waals surface area contributed by atoms with E-state index >= 15 is 0 Å². The molecule has 0 radical (unpaired) electrons. The van der Waals surface area contributed by atoms with Crippen LogP contribution in [0.15, 0.2) is 36.4 Å². The number of imidazole rings is 1. The lowest BCUT2D eigenvalue weighted by Crippen LogP contribution is -2.05. The van der Waals surface area contributed by atoms with E-state index in [0.29, 0.717) is 33.0 Å². The van der Waals surface area contributed by atoms with Crippen LogP contribution in [0.25, 0.3) is 11.0 Å². The molecule has 3 aromatic rings. The van der Waals surface area contributed by atoms with Gasteiger partial charge in [-0.1, -0.05) is 46.9 Å². The lowest BCUT2D eigenvalue weighted by atomic mass is 10.2. The number of aliphatic hydroxyl groups is 1. The number of nitrogens with zero attached hydrogens (tertiary/aromatic N) is 2. The van der Waals surface area contributed by atoms with E-state index in [9.17, 15) is 5.11 Å². The van der Waals surface area contributed by atoms with E-state index in [1.54, 1.807) is 12.1 Å². The SMILES string of the molecule is OCc1nc2cc(Cl)c(Cl)cc2n1Cc1ccc(Cl)cc1. The highest BCUT2D eigenvalue weighted by atomic mass is 35.5. The number of rotatable bonds is 3. The zero-order valence-corrected chi connectivity index (χ0v) is 13.1. The molecule has 1 heterocycles. The van der Waals surface area contributed by atoms with Crippen LogP contribution in [0, 0.1) is 0 Å². The highest BCUT2D eigenvalue weighted by Crippen LogP contribution is 2.29. The number of hydrogen-bond acceptors (Lipinski definition) is 2. The van der Waals surface area contributed by atoms with Crippen LogP contribution >= 0.6 is 34.8 Å². The predicted octanol–water partition coefficient (Wildman–Crippen LogP) is 4.54. The fourth-order valence-electron chi connectivity index (χ4n) is 2.24. The minimum Gasteiger partial charge on any atom is -0.388 e. The second kappa shape index (κ2) is 5.85. The number of aliphatic hydroxyl groups excluding tert-OH is 1. The van der Waals surface area contributed by atoms with Crippen molar-refractivity contribution in [3.63, 3.8) is 0 Å². The van der Waals surface area contributed by atoms with Gasteiger partial charge in [0.2, 0.25) is 0 Å². The minimum atomic E-state index is -0.155. The number of halogens is 3. The van der Waals surface area contributed by atoms with Gasteiger partial charge in [0.05, 0.1) is 21.1 Å². The normalized spacial score (nSPS) is 11.2. The molecule has 108 valence electrons. The van der Waals surface area contributed by atoms with Gasteiger partial charge in [0, 0.05) is 11.6 Å². The van der Waals surface area contributed by atoms with E-state index in [2.05, 4.69) is 4.98 Å². The molecule has 0 spiro atoms. The molecule has 1 N–H and O–H groups in total. The largest absolute Gasteiger partial charge is 0.388 e. The molecular formula is C15H11Cl3N2O. The molecule has 2 aromatic carbocycles. The van der Waals surface area contributed by atoms with Gasteiger partial charge in [-0.3, -0.25) is 0 Å². The van der Waals surface area contributed by atoms with Crippen LogP contribution in [0.4, 0.5) is 0 Å². The Labute approximate surface area is 136 Å². The molecule has 0 aliphatic carbocycles. The van der Waals surface area contributed by atoms with Crippen LogP contribution in [0.3, 0.4) is 0 Å². The van der Waals surface area contributed by atoms with Crippen molar-refractivity contribution in [1.82, 2.24) is 9.55 Å². The second-order valence-electron chi connectivity index (χ2n) is 4.65. The third-order valence-corrected chi connectivity index (χ3v) is 4.24. The maximum atomic E-state index is 9.51. The van der Waals surface area contributed by atoms with Gasteiger partial charge in [0.1, 0.15) is 12.4 Å². The average Bonchev–Trinajstić information content (AvgIpc) is 2.79. The van der Waals surface area contributed by atoms with Gasteiger partial charge >= 0.3 is 0 Å². The summed E-state index contributed by atoms with van der Waals surface area (Å²) in [7, 11) is 0. The average molecular weight is 342 g/mol. The maximum Gasteiger partial charge on any atom is 0.136 e. The molecule has 0 bridgehead atoms. The lowest BCUT2D eigenvalue weighted by molar-refractivity contribution is 0.267. The van der Waals surface area contributed by atoms with E-state index in [1.165, 1.54) is 0 Å². The van der Waals surface area contributed by atoms with Crippen molar-refractivity contribution in [2.45, 2.75) is 13.2 Å². The Balaban J connectivity index is 2.11. The van der Waals surface area contributed by atoms with Crippen molar-refractivity contribution in [1.29, 1.82) is 0 Å². The number of aromatic nitrogens is 2. The summed E-state index contributed by atoms with van der Waals surface area (Å²) in [6, 6.07) is 11.0. The number of benzene rings is 2. The molecule has 3 rings (SSSR count). The summed E-state index contributed by atoms with van der Waals surface area (Å²) < 4.78 is 1.92. The van der Waals surface area contributed by atoms with E-state index < -0.39 is 0 Å². The first kappa shape index (κ1) is 14.7.